The van der Waals surface area contributed by atoms with Crippen LogP contribution in [0.5, 0.6) is 11.5 Å². The van der Waals surface area contributed by atoms with Gasteiger partial charge in [-0.05, 0) is 40.8 Å². The van der Waals surface area contributed by atoms with E-state index in [1.165, 1.54) is 5.56 Å². The maximum Gasteiger partial charge on any atom is 0.123 e. The Morgan fingerprint density at radius 1 is 0.947 bits per heavy atom. The Hall–Kier alpha value is -1.96. The van der Waals surface area contributed by atoms with E-state index in [2.05, 4.69) is 26.8 Å². The molecule has 0 unspecified atom stereocenters. The number of benzene rings is 2. The average molecular weight is 256 g/mol. The summed E-state index contributed by atoms with van der Waals surface area (Å²) in [6.07, 6.45) is 0. The van der Waals surface area contributed by atoms with Crippen LogP contribution < -0.4 is 4.74 Å². The molecule has 2 nitrogen and oxygen atoms in total. The van der Waals surface area contributed by atoms with Gasteiger partial charge in [0.05, 0.1) is 7.11 Å². The minimum Gasteiger partial charge on any atom is -0.507 e. The van der Waals surface area contributed by atoms with Crippen molar-refractivity contribution in [3.63, 3.8) is 0 Å². The Kier molecular flexibility index (Phi) is 3.52. The van der Waals surface area contributed by atoms with E-state index >= 15 is 0 Å². The standard InChI is InChI=1S/C17H20O2/c1-17(2,3)13-7-10-16(18)15(11-13)12-5-8-14(19-4)9-6-12/h5-11,18H,1-4H3. The SMILES string of the molecule is COc1ccc(-c2cc(C(C)(C)C)ccc2O)cc1. The van der Waals surface area contributed by atoms with Crippen LogP contribution in [0.3, 0.4) is 0 Å². The monoisotopic (exact) mass is 256 g/mol. The lowest BCUT2D eigenvalue weighted by Crippen LogP contribution is -2.10. The summed E-state index contributed by atoms with van der Waals surface area (Å²) in [6.45, 7) is 6.49. The predicted molar refractivity (Wildman–Crippen MR) is 78.8 cm³/mol. The van der Waals surface area contributed by atoms with Crippen LogP contribution in [0.25, 0.3) is 11.1 Å². The largest absolute Gasteiger partial charge is 0.507 e. The molecule has 0 saturated heterocycles. The number of hydrogen-bond acceptors (Lipinski definition) is 2. The Labute approximate surface area is 114 Å². The van der Waals surface area contributed by atoms with Gasteiger partial charge in [0.2, 0.25) is 0 Å². The molecule has 1 N–H and O–H groups in total. The number of phenols is 1. The van der Waals surface area contributed by atoms with Crippen molar-refractivity contribution in [3.05, 3.63) is 48.0 Å². The fourth-order valence-electron chi connectivity index (χ4n) is 2.00. The van der Waals surface area contributed by atoms with Crippen LogP contribution in [0.15, 0.2) is 42.5 Å². The van der Waals surface area contributed by atoms with Gasteiger partial charge in [-0.3, -0.25) is 0 Å². The summed E-state index contributed by atoms with van der Waals surface area (Å²) >= 11 is 0. The fraction of sp³-hybridized carbons (Fsp3) is 0.294. The van der Waals surface area contributed by atoms with Gasteiger partial charge in [0.15, 0.2) is 0 Å². The first-order chi connectivity index (χ1) is 8.91. The van der Waals surface area contributed by atoms with Crippen LogP contribution in [0, 0.1) is 0 Å². The smallest absolute Gasteiger partial charge is 0.123 e. The van der Waals surface area contributed by atoms with Gasteiger partial charge in [-0.2, -0.15) is 0 Å². The predicted octanol–water partition coefficient (Wildman–Crippen LogP) is 4.37. The summed E-state index contributed by atoms with van der Waals surface area (Å²) in [5.41, 5.74) is 3.12. The van der Waals surface area contributed by atoms with E-state index in [1.807, 2.05) is 30.3 Å². The van der Waals surface area contributed by atoms with Crippen molar-refractivity contribution >= 4 is 0 Å². The molecule has 100 valence electrons. The highest BCUT2D eigenvalue weighted by molar-refractivity contribution is 5.71. The molecular weight excluding hydrogens is 236 g/mol. The van der Waals surface area contributed by atoms with Crippen LogP contribution in [0.1, 0.15) is 26.3 Å². The maximum atomic E-state index is 10.0. The zero-order valence-electron chi connectivity index (χ0n) is 11.9. The Morgan fingerprint density at radius 3 is 2.11 bits per heavy atom. The van der Waals surface area contributed by atoms with E-state index in [-0.39, 0.29) is 5.41 Å². The molecular formula is C17H20O2. The molecule has 0 aliphatic heterocycles. The molecule has 0 spiro atoms. The van der Waals surface area contributed by atoms with Crippen molar-refractivity contribution in [2.24, 2.45) is 0 Å². The highest BCUT2D eigenvalue weighted by Crippen LogP contribution is 2.34. The van der Waals surface area contributed by atoms with Crippen molar-refractivity contribution in [2.45, 2.75) is 26.2 Å². The molecule has 0 aromatic heterocycles. The zero-order valence-corrected chi connectivity index (χ0v) is 11.9. The number of aromatic hydroxyl groups is 1. The van der Waals surface area contributed by atoms with Gasteiger partial charge in [-0.1, -0.05) is 39.0 Å². The summed E-state index contributed by atoms with van der Waals surface area (Å²) in [5, 5.41) is 10.0. The molecule has 0 aliphatic carbocycles. The van der Waals surface area contributed by atoms with Crippen LogP contribution in [0.4, 0.5) is 0 Å². The van der Waals surface area contributed by atoms with Crippen LogP contribution in [-0.4, -0.2) is 12.2 Å². The summed E-state index contributed by atoms with van der Waals surface area (Å²) in [5.74, 6) is 1.12. The maximum absolute atomic E-state index is 10.0. The number of ether oxygens (including phenoxy) is 1. The van der Waals surface area contributed by atoms with Crippen molar-refractivity contribution < 1.29 is 9.84 Å². The topological polar surface area (TPSA) is 29.5 Å². The molecule has 0 heterocycles. The third-order valence-electron chi connectivity index (χ3n) is 3.26. The second-order valence-corrected chi connectivity index (χ2v) is 5.71. The first kappa shape index (κ1) is 13.5. The molecule has 0 aliphatic rings. The lowest BCUT2D eigenvalue weighted by Gasteiger charge is -2.20. The average Bonchev–Trinajstić information content (AvgIpc) is 2.38. The highest BCUT2D eigenvalue weighted by atomic mass is 16.5. The van der Waals surface area contributed by atoms with Gasteiger partial charge in [0, 0.05) is 5.56 Å². The first-order valence-electron chi connectivity index (χ1n) is 6.40. The third-order valence-corrected chi connectivity index (χ3v) is 3.26. The minimum absolute atomic E-state index is 0.0644. The summed E-state index contributed by atoms with van der Waals surface area (Å²) < 4.78 is 5.15. The van der Waals surface area contributed by atoms with E-state index in [0.29, 0.717) is 5.75 Å². The van der Waals surface area contributed by atoms with Crippen molar-refractivity contribution in [1.82, 2.24) is 0 Å². The minimum atomic E-state index is 0.0644. The molecule has 0 fully saturated rings. The molecule has 19 heavy (non-hydrogen) atoms. The molecule has 0 bridgehead atoms. The van der Waals surface area contributed by atoms with Crippen molar-refractivity contribution in [3.8, 4) is 22.6 Å². The molecule has 0 amide bonds. The van der Waals surface area contributed by atoms with Gasteiger partial charge >= 0.3 is 0 Å². The zero-order chi connectivity index (χ0) is 14.0. The lowest BCUT2D eigenvalue weighted by molar-refractivity contribution is 0.415. The summed E-state index contributed by atoms with van der Waals surface area (Å²) in [7, 11) is 1.65. The quantitative estimate of drug-likeness (QED) is 0.864. The molecule has 2 aromatic rings. The summed E-state index contributed by atoms with van der Waals surface area (Å²) in [4.78, 5) is 0. The Morgan fingerprint density at radius 2 is 1.58 bits per heavy atom. The lowest BCUT2D eigenvalue weighted by atomic mass is 9.85. The number of phenolic OH excluding ortho intramolecular Hbond substituents is 1. The van der Waals surface area contributed by atoms with E-state index in [0.717, 1.165) is 16.9 Å². The first-order valence-corrected chi connectivity index (χ1v) is 6.40. The normalized spacial score (nSPS) is 11.4. The second-order valence-electron chi connectivity index (χ2n) is 5.71. The molecule has 2 rings (SSSR count). The fourth-order valence-corrected chi connectivity index (χ4v) is 2.00. The third kappa shape index (κ3) is 2.90. The number of hydrogen-bond donors (Lipinski definition) is 1. The van der Waals surface area contributed by atoms with E-state index < -0.39 is 0 Å². The van der Waals surface area contributed by atoms with Crippen LogP contribution in [0.2, 0.25) is 0 Å². The van der Waals surface area contributed by atoms with Gasteiger partial charge in [0.25, 0.3) is 0 Å². The van der Waals surface area contributed by atoms with Gasteiger partial charge in [0.1, 0.15) is 11.5 Å². The van der Waals surface area contributed by atoms with Crippen molar-refractivity contribution in [1.29, 1.82) is 0 Å². The van der Waals surface area contributed by atoms with Gasteiger partial charge in [-0.25, -0.2) is 0 Å². The number of rotatable bonds is 2. The molecule has 0 atom stereocenters. The number of methoxy groups -OCH3 is 1. The van der Waals surface area contributed by atoms with Crippen LogP contribution in [-0.2, 0) is 5.41 Å². The Balaban J connectivity index is 2.48. The molecule has 0 radical (unpaired) electrons. The molecule has 2 heteroatoms. The molecule has 2 aromatic carbocycles. The summed E-state index contributed by atoms with van der Waals surface area (Å²) in [6, 6.07) is 13.5. The van der Waals surface area contributed by atoms with E-state index in [4.69, 9.17) is 4.74 Å². The highest BCUT2D eigenvalue weighted by Gasteiger charge is 2.16. The van der Waals surface area contributed by atoms with Crippen molar-refractivity contribution in [2.75, 3.05) is 7.11 Å². The van der Waals surface area contributed by atoms with Gasteiger partial charge in [-0.15, -0.1) is 0 Å². The van der Waals surface area contributed by atoms with Gasteiger partial charge < -0.3 is 9.84 Å². The van der Waals surface area contributed by atoms with E-state index in [1.54, 1.807) is 13.2 Å². The van der Waals surface area contributed by atoms with Crippen LogP contribution >= 0.6 is 0 Å². The Bertz CT molecular complexity index is 563. The second kappa shape index (κ2) is 4.96. The van der Waals surface area contributed by atoms with E-state index in [9.17, 15) is 5.11 Å². The molecule has 0 saturated carbocycles.